The fourth-order valence-corrected chi connectivity index (χ4v) is 3.97. The molecule has 1 atom stereocenters. The van der Waals surface area contributed by atoms with E-state index in [0.717, 1.165) is 12.8 Å². The Bertz CT molecular complexity index is 655. The Labute approximate surface area is 147 Å². The largest absolute Gasteiger partial charge is 0.495 e. The molecule has 2 saturated heterocycles. The quantitative estimate of drug-likeness (QED) is 0.860. The summed E-state index contributed by atoms with van der Waals surface area (Å²) < 4.78 is 5.13. The van der Waals surface area contributed by atoms with Crippen LogP contribution in [0.5, 0.6) is 5.75 Å². The first kappa shape index (κ1) is 17.7. The van der Waals surface area contributed by atoms with Gasteiger partial charge in [-0.1, -0.05) is 0 Å². The molecule has 1 spiro atoms. The Hall–Kier alpha value is -2.15. The molecule has 0 radical (unpaired) electrons. The van der Waals surface area contributed by atoms with Crippen LogP contribution in [0.4, 0.5) is 0 Å². The Kier molecular flexibility index (Phi) is 4.94. The van der Waals surface area contributed by atoms with Crippen molar-refractivity contribution >= 4 is 11.8 Å². The summed E-state index contributed by atoms with van der Waals surface area (Å²) in [5.41, 5.74) is 0.427. The number of ether oxygens (including phenoxy) is 1. The third-order valence-corrected chi connectivity index (χ3v) is 5.38. The van der Waals surface area contributed by atoms with Gasteiger partial charge in [-0.3, -0.25) is 14.6 Å². The van der Waals surface area contributed by atoms with Crippen LogP contribution >= 0.6 is 0 Å². The van der Waals surface area contributed by atoms with Crippen molar-refractivity contribution in [2.24, 2.45) is 5.41 Å². The molecule has 2 aliphatic rings. The van der Waals surface area contributed by atoms with E-state index in [9.17, 15) is 14.7 Å². The third kappa shape index (κ3) is 3.76. The smallest absolute Gasteiger partial charge is 0.255 e. The molecule has 1 N–H and O–H groups in total. The number of methoxy groups -OCH3 is 1. The van der Waals surface area contributed by atoms with Crippen molar-refractivity contribution in [3.63, 3.8) is 0 Å². The molecule has 2 aliphatic heterocycles. The zero-order valence-electron chi connectivity index (χ0n) is 14.8. The van der Waals surface area contributed by atoms with Gasteiger partial charge in [0.1, 0.15) is 5.75 Å². The van der Waals surface area contributed by atoms with E-state index in [1.54, 1.807) is 37.4 Å². The molecule has 1 aromatic rings. The van der Waals surface area contributed by atoms with Gasteiger partial charge in [-0.15, -0.1) is 0 Å². The molecular formula is C18H25N3O4. The lowest BCUT2D eigenvalue weighted by molar-refractivity contribution is -0.137. The number of β-amino-alcohol motifs (C(OH)–C–C–N with tert-alkyl or cyclic N) is 1. The molecule has 3 rings (SSSR count). The maximum absolute atomic E-state index is 12.7. The van der Waals surface area contributed by atoms with E-state index in [4.69, 9.17) is 4.74 Å². The third-order valence-electron chi connectivity index (χ3n) is 5.38. The molecule has 136 valence electrons. The number of likely N-dealkylation sites (tertiary alicyclic amines) is 2. The molecular weight excluding hydrogens is 322 g/mol. The van der Waals surface area contributed by atoms with Crippen LogP contribution in [-0.4, -0.2) is 71.1 Å². The normalized spacial score (nSPS) is 22.8. The van der Waals surface area contributed by atoms with Gasteiger partial charge in [0.05, 0.1) is 25.0 Å². The first-order valence-corrected chi connectivity index (χ1v) is 8.64. The van der Waals surface area contributed by atoms with Gasteiger partial charge in [-0.05, 0) is 30.7 Å². The number of pyridine rings is 1. The molecule has 0 aromatic carbocycles. The van der Waals surface area contributed by atoms with E-state index >= 15 is 0 Å². The van der Waals surface area contributed by atoms with E-state index in [0.29, 0.717) is 43.9 Å². The lowest BCUT2D eigenvalue weighted by atomic mass is 9.71. The van der Waals surface area contributed by atoms with Gasteiger partial charge in [-0.25, -0.2) is 0 Å². The number of rotatable bonds is 2. The summed E-state index contributed by atoms with van der Waals surface area (Å²) in [4.78, 5) is 32.0. The predicted molar refractivity (Wildman–Crippen MR) is 91.2 cm³/mol. The number of aliphatic hydroxyl groups excluding tert-OH is 1. The highest BCUT2D eigenvalue weighted by Gasteiger charge is 2.43. The van der Waals surface area contributed by atoms with Gasteiger partial charge in [0.2, 0.25) is 5.91 Å². The zero-order valence-corrected chi connectivity index (χ0v) is 14.8. The van der Waals surface area contributed by atoms with Crippen molar-refractivity contribution in [1.82, 2.24) is 14.8 Å². The highest BCUT2D eigenvalue weighted by atomic mass is 16.5. The van der Waals surface area contributed by atoms with E-state index in [1.165, 1.54) is 0 Å². The molecule has 2 amide bonds. The number of carbonyl (C=O) groups is 2. The molecule has 2 fully saturated rings. The van der Waals surface area contributed by atoms with Crippen molar-refractivity contribution in [1.29, 1.82) is 0 Å². The van der Waals surface area contributed by atoms with Crippen LogP contribution in [0.1, 0.15) is 36.5 Å². The summed E-state index contributed by atoms with van der Waals surface area (Å²) in [6, 6.07) is 1.70. The fourth-order valence-electron chi connectivity index (χ4n) is 3.97. The number of hydrogen-bond acceptors (Lipinski definition) is 5. The van der Waals surface area contributed by atoms with Crippen LogP contribution < -0.4 is 4.74 Å². The van der Waals surface area contributed by atoms with E-state index < -0.39 is 6.10 Å². The second-order valence-electron chi connectivity index (χ2n) is 7.16. The van der Waals surface area contributed by atoms with Crippen LogP contribution in [-0.2, 0) is 4.79 Å². The molecule has 0 bridgehead atoms. The van der Waals surface area contributed by atoms with Crippen LogP contribution in [0.2, 0.25) is 0 Å². The second-order valence-corrected chi connectivity index (χ2v) is 7.16. The minimum Gasteiger partial charge on any atom is -0.495 e. The molecule has 25 heavy (non-hydrogen) atoms. The second kappa shape index (κ2) is 7.00. The summed E-state index contributed by atoms with van der Waals surface area (Å²) in [6.45, 7) is 3.86. The maximum atomic E-state index is 12.7. The van der Waals surface area contributed by atoms with Crippen molar-refractivity contribution in [2.75, 3.05) is 33.3 Å². The van der Waals surface area contributed by atoms with Gasteiger partial charge in [-0.2, -0.15) is 0 Å². The molecule has 7 nitrogen and oxygen atoms in total. The molecule has 0 aliphatic carbocycles. The monoisotopic (exact) mass is 347 g/mol. The summed E-state index contributed by atoms with van der Waals surface area (Å²) in [5, 5.41) is 10.2. The highest BCUT2D eigenvalue weighted by Crippen LogP contribution is 2.40. The Balaban J connectivity index is 1.66. The lowest BCUT2D eigenvalue weighted by Gasteiger charge is -2.49. The Morgan fingerprint density at radius 3 is 2.64 bits per heavy atom. The summed E-state index contributed by atoms with van der Waals surface area (Å²) in [6.07, 6.45) is 4.91. The Morgan fingerprint density at radius 1 is 1.28 bits per heavy atom. The maximum Gasteiger partial charge on any atom is 0.255 e. The van der Waals surface area contributed by atoms with Crippen molar-refractivity contribution < 1.29 is 19.4 Å². The standard InChI is InChI=1S/C18H25N3O4/c1-13(22)21-11-15(23)8-18(12-21)3-5-20(6-4-18)17(24)14-7-16(25-2)10-19-9-14/h7,9-10,15,23H,3-6,8,11-12H2,1-2H3. The lowest BCUT2D eigenvalue weighted by Crippen LogP contribution is -2.55. The molecule has 7 heteroatoms. The molecule has 0 saturated carbocycles. The minimum absolute atomic E-state index is 0.000846. The molecule has 1 aromatic heterocycles. The van der Waals surface area contributed by atoms with Crippen LogP contribution in [0, 0.1) is 5.41 Å². The van der Waals surface area contributed by atoms with Gasteiger partial charge in [0.25, 0.3) is 5.91 Å². The average molecular weight is 347 g/mol. The first-order chi connectivity index (χ1) is 11.9. The van der Waals surface area contributed by atoms with Crippen molar-refractivity contribution in [3.8, 4) is 5.75 Å². The molecule has 3 heterocycles. The van der Waals surface area contributed by atoms with Crippen LogP contribution in [0.3, 0.4) is 0 Å². The van der Waals surface area contributed by atoms with Gasteiger partial charge < -0.3 is 19.6 Å². The van der Waals surface area contributed by atoms with Crippen molar-refractivity contribution in [2.45, 2.75) is 32.3 Å². The number of carbonyl (C=O) groups excluding carboxylic acids is 2. The summed E-state index contributed by atoms with van der Waals surface area (Å²) >= 11 is 0. The van der Waals surface area contributed by atoms with E-state index in [1.807, 2.05) is 4.90 Å². The predicted octanol–water partition coefficient (Wildman–Crippen LogP) is 0.926. The fraction of sp³-hybridized carbons (Fsp3) is 0.611. The summed E-state index contributed by atoms with van der Waals surface area (Å²) in [7, 11) is 1.55. The first-order valence-electron chi connectivity index (χ1n) is 8.64. The average Bonchev–Trinajstić information content (AvgIpc) is 2.61. The number of piperidine rings is 2. The summed E-state index contributed by atoms with van der Waals surface area (Å²) in [5.74, 6) is 0.506. The Morgan fingerprint density at radius 2 is 2.00 bits per heavy atom. The SMILES string of the molecule is COc1cncc(C(=O)N2CCC3(CC2)CC(O)CN(C(C)=O)C3)c1. The van der Waals surface area contributed by atoms with Crippen molar-refractivity contribution in [3.05, 3.63) is 24.0 Å². The van der Waals surface area contributed by atoms with Crippen LogP contribution in [0.15, 0.2) is 18.5 Å². The topological polar surface area (TPSA) is 83.0 Å². The number of hydrogen-bond donors (Lipinski definition) is 1. The van der Waals surface area contributed by atoms with Crippen LogP contribution in [0.25, 0.3) is 0 Å². The van der Waals surface area contributed by atoms with E-state index in [-0.39, 0.29) is 17.2 Å². The van der Waals surface area contributed by atoms with Gasteiger partial charge in [0, 0.05) is 39.3 Å². The van der Waals surface area contributed by atoms with E-state index in [2.05, 4.69) is 4.98 Å². The highest BCUT2D eigenvalue weighted by molar-refractivity contribution is 5.94. The van der Waals surface area contributed by atoms with Gasteiger partial charge in [0.15, 0.2) is 0 Å². The number of amides is 2. The number of aliphatic hydroxyl groups is 1. The number of nitrogens with zero attached hydrogens (tertiary/aromatic N) is 3. The number of aromatic nitrogens is 1. The minimum atomic E-state index is -0.484. The zero-order chi connectivity index (χ0) is 18.0. The van der Waals surface area contributed by atoms with Gasteiger partial charge >= 0.3 is 0 Å². The molecule has 1 unspecified atom stereocenters.